The van der Waals surface area contributed by atoms with Crippen LogP contribution < -0.4 is 9.03 Å². The number of nitrogens with zero attached hydrogens (tertiary/aromatic N) is 1. The molecule has 2 nitrogen and oxygen atoms in total. The van der Waals surface area contributed by atoms with E-state index in [0.29, 0.717) is 17.1 Å². The lowest BCUT2D eigenvalue weighted by Crippen LogP contribution is -2.06. The molecule has 0 unspecified atom stereocenters. The fraction of sp³-hybridized carbons (Fsp3) is 0. The maximum atomic E-state index is 13.7. The average molecular weight is 250 g/mol. The number of nitrogens with one attached hydrogen (secondary N) is 1. The lowest BCUT2D eigenvalue weighted by atomic mass is 10.2. The highest BCUT2D eigenvalue weighted by molar-refractivity contribution is 8.02. The molecule has 0 aromatic heterocycles. The lowest BCUT2D eigenvalue weighted by Gasteiger charge is -2.16. The summed E-state index contributed by atoms with van der Waals surface area (Å²) in [5.74, 6) is -0.749. The van der Waals surface area contributed by atoms with Gasteiger partial charge in [0.05, 0.1) is 23.5 Å². The van der Waals surface area contributed by atoms with Crippen molar-refractivity contribution in [1.82, 2.24) is 0 Å². The van der Waals surface area contributed by atoms with E-state index in [1.807, 2.05) is 0 Å². The van der Waals surface area contributed by atoms with Crippen LogP contribution in [0.15, 0.2) is 42.5 Å². The van der Waals surface area contributed by atoms with Crippen LogP contribution >= 0.6 is 12.1 Å². The monoisotopic (exact) mass is 250 g/mol. The Morgan fingerprint density at radius 2 is 1.71 bits per heavy atom. The van der Waals surface area contributed by atoms with Crippen LogP contribution in [0.4, 0.5) is 25.8 Å². The first-order valence-corrected chi connectivity index (χ1v) is 5.81. The first-order chi connectivity index (χ1) is 8.27. The maximum Gasteiger partial charge on any atom is 0.149 e. The van der Waals surface area contributed by atoms with Gasteiger partial charge < -0.3 is 4.72 Å². The van der Waals surface area contributed by atoms with Crippen molar-refractivity contribution in [3.8, 4) is 0 Å². The third-order valence-electron chi connectivity index (χ3n) is 2.51. The molecule has 1 N–H and O–H groups in total. The molecule has 2 aromatic rings. The van der Waals surface area contributed by atoms with E-state index < -0.39 is 0 Å². The first kappa shape index (κ1) is 10.4. The molecule has 5 heteroatoms. The van der Waals surface area contributed by atoms with Gasteiger partial charge in [-0.25, -0.2) is 8.78 Å². The molecule has 86 valence electrons. The van der Waals surface area contributed by atoms with Crippen molar-refractivity contribution >= 4 is 29.2 Å². The predicted octanol–water partition coefficient (Wildman–Crippen LogP) is 4.09. The predicted molar refractivity (Wildman–Crippen MR) is 66.2 cm³/mol. The minimum atomic E-state index is -0.377. The van der Waals surface area contributed by atoms with Gasteiger partial charge in [-0.05, 0) is 24.3 Å². The molecule has 1 aliphatic heterocycles. The van der Waals surface area contributed by atoms with Gasteiger partial charge in [-0.3, -0.25) is 4.31 Å². The highest BCUT2D eigenvalue weighted by Crippen LogP contribution is 2.46. The SMILES string of the molecule is Fc1ccccc1N1SNc2cccc(F)c21. The number of benzene rings is 2. The second kappa shape index (κ2) is 3.92. The highest BCUT2D eigenvalue weighted by atomic mass is 32.2. The minimum Gasteiger partial charge on any atom is -0.310 e. The number of fused-ring (bicyclic) bond motifs is 1. The summed E-state index contributed by atoms with van der Waals surface area (Å²) in [7, 11) is 0. The summed E-state index contributed by atoms with van der Waals surface area (Å²) in [6.45, 7) is 0. The van der Waals surface area contributed by atoms with Crippen LogP contribution in [0.5, 0.6) is 0 Å². The van der Waals surface area contributed by atoms with Crippen molar-refractivity contribution in [2.24, 2.45) is 0 Å². The summed E-state index contributed by atoms with van der Waals surface area (Å²) in [5.41, 5.74) is 1.36. The van der Waals surface area contributed by atoms with Crippen molar-refractivity contribution in [1.29, 1.82) is 0 Å². The van der Waals surface area contributed by atoms with Crippen LogP contribution in [0.3, 0.4) is 0 Å². The van der Waals surface area contributed by atoms with E-state index in [1.54, 1.807) is 30.3 Å². The van der Waals surface area contributed by atoms with E-state index in [0.717, 1.165) is 12.1 Å². The van der Waals surface area contributed by atoms with E-state index in [1.165, 1.54) is 16.4 Å². The van der Waals surface area contributed by atoms with Gasteiger partial charge in [-0.1, -0.05) is 18.2 Å². The van der Waals surface area contributed by atoms with E-state index in [4.69, 9.17) is 0 Å². The lowest BCUT2D eigenvalue weighted by molar-refractivity contribution is 0.623. The molecule has 1 aliphatic rings. The van der Waals surface area contributed by atoms with Crippen LogP contribution in [0, 0.1) is 11.6 Å². The number of hydrogen-bond acceptors (Lipinski definition) is 3. The molecule has 3 rings (SSSR count). The van der Waals surface area contributed by atoms with Crippen LogP contribution in [0.2, 0.25) is 0 Å². The molecule has 17 heavy (non-hydrogen) atoms. The Labute approximate surface area is 102 Å². The molecule has 0 amide bonds. The standard InChI is InChI=1S/C12H8F2N2S/c13-8-4-1-2-7-11(8)16-12-9(14)5-3-6-10(12)15-17-16/h1-7,15H. The summed E-state index contributed by atoms with van der Waals surface area (Å²) in [4.78, 5) is 0. The average Bonchev–Trinajstić information content (AvgIpc) is 2.75. The van der Waals surface area contributed by atoms with Gasteiger partial charge in [0.2, 0.25) is 0 Å². The Morgan fingerprint density at radius 3 is 2.53 bits per heavy atom. The smallest absolute Gasteiger partial charge is 0.149 e. The van der Waals surface area contributed by atoms with Crippen molar-refractivity contribution in [3.05, 3.63) is 54.1 Å². The quantitative estimate of drug-likeness (QED) is 0.767. The second-order valence-electron chi connectivity index (χ2n) is 3.58. The summed E-state index contributed by atoms with van der Waals surface area (Å²) in [6.07, 6.45) is 0. The Balaban J connectivity index is 2.13. The minimum absolute atomic E-state index is 0.342. The molecule has 0 bridgehead atoms. The summed E-state index contributed by atoms with van der Waals surface area (Å²) < 4.78 is 31.9. The largest absolute Gasteiger partial charge is 0.310 e. The third-order valence-corrected chi connectivity index (χ3v) is 3.38. The number of rotatable bonds is 1. The number of hydrogen-bond donors (Lipinski definition) is 1. The number of anilines is 3. The van der Waals surface area contributed by atoms with Gasteiger partial charge in [-0.2, -0.15) is 0 Å². The molecule has 0 saturated carbocycles. The summed E-state index contributed by atoms with van der Waals surface area (Å²) in [5, 5.41) is 0. The van der Waals surface area contributed by atoms with Gasteiger partial charge in [0.1, 0.15) is 17.3 Å². The molecule has 0 aliphatic carbocycles. The van der Waals surface area contributed by atoms with Crippen LogP contribution in [0.1, 0.15) is 0 Å². The van der Waals surface area contributed by atoms with Crippen molar-refractivity contribution in [2.75, 3.05) is 9.03 Å². The van der Waals surface area contributed by atoms with E-state index >= 15 is 0 Å². The van der Waals surface area contributed by atoms with Gasteiger partial charge in [-0.15, -0.1) is 0 Å². The molecule has 0 atom stereocenters. The first-order valence-electron chi connectivity index (χ1n) is 5.03. The van der Waals surface area contributed by atoms with E-state index in [9.17, 15) is 8.78 Å². The molecule has 2 aromatic carbocycles. The van der Waals surface area contributed by atoms with Crippen molar-refractivity contribution < 1.29 is 8.78 Å². The molecular formula is C12H8F2N2S. The normalized spacial score (nSPS) is 13.4. The molecule has 0 spiro atoms. The fourth-order valence-corrected chi connectivity index (χ4v) is 2.61. The van der Waals surface area contributed by atoms with Crippen LogP contribution in [-0.4, -0.2) is 0 Å². The van der Waals surface area contributed by atoms with Crippen LogP contribution in [-0.2, 0) is 0 Å². The molecule has 0 fully saturated rings. The Bertz CT molecular complexity index is 574. The van der Waals surface area contributed by atoms with E-state index in [-0.39, 0.29) is 11.6 Å². The van der Waals surface area contributed by atoms with Gasteiger partial charge in [0.15, 0.2) is 0 Å². The van der Waals surface area contributed by atoms with Crippen molar-refractivity contribution in [2.45, 2.75) is 0 Å². The Morgan fingerprint density at radius 1 is 0.941 bits per heavy atom. The number of halogens is 2. The molecule has 0 radical (unpaired) electrons. The van der Waals surface area contributed by atoms with E-state index in [2.05, 4.69) is 4.72 Å². The van der Waals surface area contributed by atoms with Gasteiger partial charge in [0.25, 0.3) is 0 Å². The molecular weight excluding hydrogens is 242 g/mol. The number of para-hydroxylation sites is 2. The zero-order valence-electron chi connectivity index (χ0n) is 8.65. The fourth-order valence-electron chi connectivity index (χ4n) is 1.73. The second-order valence-corrected chi connectivity index (χ2v) is 4.33. The third kappa shape index (κ3) is 1.63. The zero-order chi connectivity index (χ0) is 11.8. The highest BCUT2D eigenvalue weighted by Gasteiger charge is 2.26. The Kier molecular flexibility index (Phi) is 2.40. The Hall–Kier alpha value is -1.75. The maximum absolute atomic E-state index is 13.7. The molecule has 1 heterocycles. The van der Waals surface area contributed by atoms with Crippen molar-refractivity contribution in [3.63, 3.8) is 0 Å². The van der Waals surface area contributed by atoms with Crippen LogP contribution in [0.25, 0.3) is 0 Å². The summed E-state index contributed by atoms with van der Waals surface area (Å²) in [6, 6.07) is 11.0. The zero-order valence-corrected chi connectivity index (χ0v) is 9.47. The van der Waals surface area contributed by atoms with Gasteiger partial charge in [0, 0.05) is 0 Å². The van der Waals surface area contributed by atoms with Gasteiger partial charge >= 0.3 is 0 Å². The molecule has 0 saturated heterocycles. The topological polar surface area (TPSA) is 15.3 Å². The summed E-state index contributed by atoms with van der Waals surface area (Å²) >= 11 is 1.16.